The fourth-order valence-corrected chi connectivity index (χ4v) is 10.7. The van der Waals surface area contributed by atoms with Gasteiger partial charge in [-0.2, -0.15) is 46.7 Å². The van der Waals surface area contributed by atoms with E-state index in [0.717, 1.165) is 21.9 Å². The van der Waals surface area contributed by atoms with Crippen LogP contribution in [0.25, 0.3) is 43.1 Å². The second kappa shape index (κ2) is 15.1. The van der Waals surface area contributed by atoms with Crippen molar-refractivity contribution in [1.29, 1.82) is 0 Å². The van der Waals surface area contributed by atoms with Crippen molar-refractivity contribution in [3.8, 4) is 0 Å². The molecule has 2 aliphatic rings. The summed E-state index contributed by atoms with van der Waals surface area (Å²) in [5.41, 5.74) is -0.534. The van der Waals surface area contributed by atoms with Crippen molar-refractivity contribution in [1.82, 2.24) is 29.9 Å². The zero-order valence-corrected chi connectivity index (χ0v) is 37.8. The molecule has 0 saturated carbocycles. The van der Waals surface area contributed by atoms with Crippen LogP contribution in [-0.4, -0.2) is 79.5 Å². The van der Waals surface area contributed by atoms with E-state index in [-0.39, 0.29) is 78.0 Å². The van der Waals surface area contributed by atoms with E-state index in [1.165, 1.54) is 48.5 Å². The Balaban J connectivity index is 0.999. The molecular formula is C42H18Cl4N10O10S2. The van der Waals surface area contributed by atoms with E-state index < -0.39 is 53.7 Å². The quantitative estimate of drug-likeness (QED) is 0.0481. The van der Waals surface area contributed by atoms with Gasteiger partial charge in [0.2, 0.25) is 33.0 Å². The molecular weight excluding hydrogens is 1010 g/mol. The van der Waals surface area contributed by atoms with Crippen molar-refractivity contribution in [2.24, 2.45) is 0 Å². The second-order valence-corrected chi connectivity index (χ2v) is 19.1. The van der Waals surface area contributed by atoms with E-state index in [4.69, 9.17) is 46.4 Å². The van der Waals surface area contributed by atoms with Gasteiger partial charge in [-0.25, -0.2) is 9.80 Å². The summed E-state index contributed by atoms with van der Waals surface area (Å²) < 4.78 is 71.1. The molecule has 0 bridgehead atoms. The van der Waals surface area contributed by atoms with Crippen LogP contribution in [0, 0.1) is 0 Å². The van der Waals surface area contributed by atoms with Gasteiger partial charge in [-0.1, -0.05) is 24.3 Å². The summed E-state index contributed by atoms with van der Waals surface area (Å²) in [5, 5.41) is 7.85. The Morgan fingerprint density at radius 3 is 0.985 bits per heavy atom. The van der Waals surface area contributed by atoms with Crippen molar-refractivity contribution < 1.29 is 45.1 Å². The molecule has 2 aliphatic heterocycles. The lowest BCUT2D eigenvalue weighted by atomic mass is 9.82. The van der Waals surface area contributed by atoms with Crippen LogP contribution in [0.3, 0.4) is 0 Å². The minimum atomic E-state index is -5.01. The first-order valence-corrected chi connectivity index (χ1v) is 23.5. The fraction of sp³-hybridized carbons (Fsp3) is 0. The Labute approximate surface area is 399 Å². The first-order chi connectivity index (χ1) is 32.3. The summed E-state index contributed by atoms with van der Waals surface area (Å²) in [7, 11) is -10.0. The summed E-state index contributed by atoms with van der Waals surface area (Å²) in [6.07, 6.45) is 0. The van der Waals surface area contributed by atoms with E-state index in [2.05, 4.69) is 40.5 Å². The topological polar surface area (TPSA) is 285 Å². The molecule has 0 unspecified atom stereocenters. The number of hydrogen-bond acceptors (Lipinski definition) is 16. The van der Waals surface area contributed by atoms with Crippen LogP contribution in [0.4, 0.5) is 34.6 Å². The molecule has 7 aromatic carbocycles. The van der Waals surface area contributed by atoms with Crippen LogP contribution in [0.1, 0.15) is 41.4 Å². The highest BCUT2D eigenvalue weighted by Crippen LogP contribution is 2.47. The van der Waals surface area contributed by atoms with Crippen molar-refractivity contribution in [3.05, 3.63) is 128 Å². The van der Waals surface area contributed by atoms with Crippen LogP contribution in [0.2, 0.25) is 21.1 Å². The molecule has 26 heteroatoms. The van der Waals surface area contributed by atoms with Gasteiger partial charge in [-0.05, 0) is 139 Å². The maximum Gasteiger partial charge on any atom is 0.296 e. The van der Waals surface area contributed by atoms with Gasteiger partial charge < -0.3 is 10.6 Å². The number of rotatable bonds is 8. The average molecular weight is 1030 g/mol. The molecule has 0 saturated heterocycles. The Morgan fingerprint density at radius 2 is 0.706 bits per heavy atom. The second-order valence-electron chi connectivity index (χ2n) is 15.0. The van der Waals surface area contributed by atoms with Crippen molar-refractivity contribution >= 4 is 168 Å². The predicted molar refractivity (Wildman–Crippen MR) is 249 cm³/mol. The summed E-state index contributed by atoms with van der Waals surface area (Å²) >= 11 is 23.4. The minimum absolute atomic E-state index is 0.0895. The zero-order valence-electron chi connectivity index (χ0n) is 33.1. The van der Waals surface area contributed by atoms with Gasteiger partial charge in [0.15, 0.2) is 0 Å². The maximum absolute atomic E-state index is 14.4. The molecule has 0 aliphatic carbocycles. The third-order valence-electron chi connectivity index (χ3n) is 11.3. The molecule has 20 nitrogen and oxygen atoms in total. The number of aromatic nitrogens is 6. The van der Waals surface area contributed by atoms with Gasteiger partial charge in [-0.15, -0.1) is 0 Å². The molecule has 0 radical (unpaired) electrons. The van der Waals surface area contributed by atoms with Crippen molar-refractivity contribution in [2.45, 2.75) is 9.79 Å². The van der Waals surface area contributed by atoms with E-state index in [9.17, 15) is 45.1 Å². The highest BCUT2D eigenvalue weighted by atomic mass is 35.5. The normalized spacial score (nSPS) is 14.0. The van der Waals surface area contributed by atoms with E-state index in [0.29, 0.717) is 43.1 Å². The number of nitrogens with zero attached hydrogens (tertiary/aromatic N) is 8. The van der Waals surface area contributed by atoms with Crippen LogP contribution < -0.4 is 20.4 Å². The molecule has 2 aromatic heterocycles. The molecule has 4 heterocycles. The molecule has 4 N–H and O–H groups in total. The zero-order chi connectivity index (χ0) is 47.9. The highest BCUT2D eigenvalue weighted by molar-refractivity contribution is 7.86. The SMILES string of the molecule is O=C1c2ccc3c4ccc5c6c(ccc(c7ccc(c2c37)C(=O)N1c1ccc(Nc2nc(Cl)nc(Cl)n2)c(S(=O)(=O)O)c1)c64)C(=O)N(c1ccc(Nc2nc(Cl)nc(Cl)n2)c(S(=O)(=O)O)c1)C5=O. The highest BCUT2D eigenvalue weighted by Gasteiger charge is 2.39. The number of benzene rings is 7. The van der Waals surface area contributed by atoms with Gasteiger partial charge in [0.1, 0.15) is 9.79 Å². The lowest BCUT2D eigenvalue weighted by Gasteiger charge is -2.30. The average Bonchev–Trinajstić information content (AvgIpc) is 3.26. The number of imide groups is 2. The van der Waals surface area contributed by atoms with Gasteiger partial charge in [-0.3, -0.25) is 28.3 Å². The molecule has 0 spiro atoms. The third kappa shape index (κ3) is 6.71. The Bertz CT molecular complexity index is 3690. The van der Waals surface area contributed by atoms with Crippen molar-refractivity contribution in [3.63, 3.8) is 0 Å². The van der Waals surface area contributed by atoms with E-state index in [1.807, 2.05) is 0 Å². The Kier molecular flexibility index (Phi) is 9.62. The summed E-state index contributed by atoms with van der Waals surface area (Å²) in [6, 6.07) is 19.5. The summed E-state index contributed by atoms with van der Waals surface area (Å²) in [4.78, 5) is 80.4. The number of halogens is 4. The molecule has 9 aromatic rings. The largest absolute Gasteiger partial charge is 0.323 e. The molecule has 11 rings (SSSR count). The first-order valence-electron chi connectivity index (χ1n) is 19.2. The van der Waals surface area contributed by atoms with Crippen LogP contribution in [-0.2, 0) is 20.2 Å². The lowest BCUT2D eigenvalue weighted by molar-refractivity contribution is 0.0877. The van der Waals surface area contributed by atoms with Gasteiger partial charge in [0.25, 0.3) is 43.9 Å². The molecule has 4 amide bonds. The molecule has 336 valence electrons. The molecule has 0 atom stereocenters. The van der Waals surface area contributed by atoms with E-state index in [1.54, 1.807) is 24.3 Å². The van der Waals surface area contributed by atoms with Crippen molar-refractivity contribution in [2.75, 3.05) is 20.4 Å². The van der Waals surface area contributed by atoms with Gasteiger partial charge >= 0.3 is 0 Å². The fourth-order valence-electron chi connectivity index (χ4n) is 8.68. The minimum Gasteiger partial charge on any atom is -0.323 e. The number of hydrogen-bond donors (Lipinski definition) is 4. The molecule has 68 heavy (non-hydrogen) atoms. The number of nitrogens with one attached hydrogen (secondary N) is 2. The monoisotopic (exact) mass is 1030 g/mol. The number of anilines is 6. The van der Waals surface area contributed by atoms with Crippen LogP contribution >= 0.6 is 46.4 Å². The Hall–Kier alpha value is -7.28. The van der Waals surface area contributed by atoms with E-state index >= 15 is 0 Å². The summed E-state index contributed by atoms with van der Waals surface area (Å²) in [5.74, 6) is -3.77. The van der Waals surface area contributed by atoms with Gasteiger partial charge in [0.05, 0.1) is 22.7 Å². The summed E-state index contributed by atoms with van der Waals surface area (Å²) in [6.45, 7) is 0. The van der Waals surface area contributed by atoms with Gasteiger partial charge in [0, 0.05) is 33.0 Å². The number of carbonyl (C=O) groups excluding carboxylic acids is 4. The first kappa shape index (κ1) is 43.3. The maximum atomic E-state index is 14.4. The smallest absolute Gasteiger partial charge is 0.296 e. The number of fused-ring (bicyclic) bond motifs is 2. The predicted octanol–water partition coefficient (Wildman–Crippen LogP) is 8.30. The lowest BCUT2D eigenvalue weighted by Crippen LogP contribution is -2.40. The Morgan fingerprint density at radius 1 is 0.412 bits per heavy atom. The molecule has 0 fully saturated rings. The van der Waals surface area contributed by atoms with Crippen LogP contribution in [0.15, 0.2) is 94.7 Å². The number of carbonyl (C=O) groups is 4. The standard InChI is InChI=1S/C42H18Cl4N10O10S2/c43-37-49-38(44)52-41(51-37)47-25-11-1-15(13-27(25)67(61,62)63)55-33(57)21-7-3-17-19-5-9-23-32-24(10-6-20(30(19)32)18-4-8-22(34(55)58)31(21)29(17)18)36(60)56(35(23)59)16-2-12-26(28(14-16)68(64,65)66)48-42-53-39(45)50-40(46)54-42/h1-14H,(H,61,62,63)(H,64,65,66)(H,47,49,51,52)(H,48,50,53,54). The van der Waals surface area contributed by atoms with Crippen LogP contribution in [0.5, 0.6) is 0 Å². The number of amides is 4. The third-order valence-corrected chi connectivity index (χ3v) is 13.8.